The number of carbonyl (C=O) groups is 1. The number of rotatable bonds is 4. The lowest BCUT2D eigenvalue weighted by molar-refractivity contribution is -0.138. The van der Waals surface area contributed by atoms with E-state index in [9.17, 15) is 15.3 Å². The average molecular weight is 484 g/mol. The van der Waals surface area contributed by atoms with Crippen LogP contribution < -0.4 is 5.73 Å². The van der Waals surface area contributed by atoms with Crippen molar-refractivity contribution in [3.63, 3.8) is 0 Å². The number of primary amides is 1. The van der Waals surface area contributed by atoms with Crippen LogP contribution in [0.5, 0.6) is 0 Å². The van der Waals surface area contributed by atoms with E-state index in [4.69, 9.17) is 10.5 Å². The Balaban J connectivity index is 1.70. The molecule has 0 saturated carbocycles. The fraction of sp³-hybridized carbons (Fsp3) is 0.517. The summed E-state index contributed by atoms with van der Waals surface area (Å²) in [4.78, 5) is 16.4. The molecule has 2 N–H and O–H groups in total. The number of nitriles is 2. The fourth-order valence-electron chi connectivity index (χ4n) is 6.58. The molecule has 36 heavy (non-hydrogen) atoms. The summed E-state index contributed by atoms with van der Waals surface area (Å²) in [5.41, 5.74) is 8.53. The number of nitrogens with two attached hydrogens (primary N) is 1. The predicted molar refractivity (Wildman–Crippen MR) is 136 cm³/mol. The minimum Gasteiger partial charge on any atom is -0.369 e. The third-order valence-electron chi connectivity index (χ3n) is 8.41. The Morgan fingerprint density at radius 2 is 1.81 bits per heavy atom. The third kappa shape index (κ3) is 4.02. The number of allylic oxidation sites excluding steroid dienone is 2. The molecule has 186 valence electrons. The van der Waals surface area contributed by atoms with Gasteiger partial charge < -0.3 is 10.5 Å². The van der Waals surface area contributed by atoms with Gasteiger partial charge >= 0.3 is 0 Å². The number of fused-ring (bicyclic) bond motifs is 2. The Morgan fingerprint density at radius 1 is 1.11 bits per heavy atom. The molecule has 7 heteroatoms. The molecule has 3 aliphatic rings. The molecule has 2 fully saturated rings. The number of hydrogen-bond acceptors (Lipinski definition) is 5. The van der Waals surface area contributed by atoms with Crippen LogP contribution in [0.2, 0.25) is 0 Å². The number of nitrogens with zero attached hydrogens (tertiary/aromatic N) is 4. The molecule has 2 atom stereocenters. The first-order chi connectivity index (χ1) is 16.9. The zero-order chi connectivity index (χ0) is 25.9. The van der Waals surface area contributed by atoms with Gasteiger partial charge in [-0.3, -0.25) is 9.36 Å². The van der Waals surface area contributed by atoms with Crippen LogP contribution >= 0.6 is 0 Å². The van der Waals surface area contributed by atoms with Crippen molar-refractivity contribution in [1.82, 2.24) is 9.55 Å². The largest absolute Gasteiger partial charge is 0.369 e. The number of imidazole rings is 1. The monoisotopic (exact) mass is 483 g/mol. The predicted octanol–water partition coefficient (Wildman–Crippen LogP) is 5.32. The second-order valence-corrected chi connectivity index (χ2v) is 12.2. The van der Waals surface area contributed by atoms with Crippen molar-refractivity contribution in [2.24, 2.45) is 11.1 Å². The zero-order valence-electron chi connectivity index (χ0n) is 21.5. The molecule has 2 bridgehead atoms. The highest BCUT2D eigenvalue weighted by atomic mass is 16.5. The van der Waals surface area contributed by atoms with Gasteiger partial charge in [-0.15, -0.1) is 0 Å². The highest BCUT2D eigenvalue weighted by Gasteiger charge is 2.57. The van der Waals surface area contributed by atoms with Gasteiger partial charge in [0.2, 0.25) is 5.82 Å². The second-order valence-electron chi connectivity index (χ2n) is 12.2. The van der Waals surface area contributed by atoms with E-state index in [1.165, 1.54) is 5.57 Å². The van der Waals surface area contributed by atoms with Gasteiger partial charge in [0.05, 0.1) is 28.4 Å². The fourth-order valence-corrected chi connectivity index (χ4v) is 6.58. The summed E-state index contributed by atoms with van der Waals surface area (Å²) in [5.74, 6) is -0.669. The van der Waals surface area contributed by atoms with E-state index >= 15 is 0 Å². The lowest BCUT2D eigenvalue weighted by Crippen LogP contribution is -2.48. The van der Waals surface area contributed by atoms with Crippen LogP contribution in [-0.4, -0.2) is 26.7 Å². The first kappa shape index (κ1) is 24.3. The molecule has 2 saturated heterocycles. The molecule has 5 rings (SSSR count). The maximum absolute atomic E-state index is 12.2. The third-order valence-corrected chi connectivity index (χ3v) is 8.41. The lowest BCUT2D eigenvalue weighted by atomic mass is 9.67. The van der Waals surface area contributed by atoms with Crippen molar-refractivity contribution >= 4 is 11.5 Å². The van der Waals surface area contributed by atoms with E-state index in [-0.39, 0.29) is 28.1 Å². The van der Waals surface area contributed by atoms with Gasteiger partial charge in [-0.25, -0.2) is 4.98 Å². The molecule has 0 radical (unpaired) electrons. The highest BCUT2D eigenvalue weighted by Crippen LogP contribution is 2.56. The highest BCUT2D eigenvalue weighted by molar-refractivity contribution is 5.90. The smallest absolute Gasteiger partial charge is 0.285 e. The number of hydrogen-bond donors (Lipinski definition) is 1. The summed E-state index contributed by atoms with van der Waals surface area (Å²) in [6.45, 7) is 8.78. The lowest BCUT2D eigenvalue weighted by Gasteiger charge is -2.45. The van der Waals surface area contributed by atoms with E-state index in [2.05, 4.69) is 50.9 Å². The molecule has 2 aromatic rings. The second kappa shape index (κ2) is 8.05. The molecule has 3 heterocycles. The first-order valence-corrected chi connectivity index (χ1v) is 12.7. The van der Waals surface area contributed by atoms with Crippen LogP contribution in [-0.2, 0) is 10.2 Å². The van der Waals surface area contributed by atoms with Gasteiger partial charge in [0.25, 0.3) is 5.91 Å². The zero-order valence-corrected chi connectivity index (χ0v) is 21.5. The van der Waals surface area contributed by atoms with Crippen LogP contribution in [0.1, 0.15) is 100 Å². The molecule has 2 aliphatic heterocycles. The number of aromatic nitrogens is 2. The Morgan fingerprint density at radius 3 is 2.36 bits per heavy atom. The standard InChI is InChI=1S/C29H33N5O2/c1-26(2)9-7-19(8-10-26)22-13-20(29(18-31)16-27(3)11-12-28(4,17-29)36-27)5-6-23(22)34-15-21(14-30)33-25(34)24(32)35/h5-7,13,15H,8-12,16-17H2,1-4H3,(H2,32,35). The van der Waals surface area contributed by atoms with Crippen LogP contribution in [0.4, 0.5) is 0 Å². The van der Waals surface area contributed by atoms with Gasteiger partial charge in [0.15, 0.2) is 5.69 Å². The van der Waals surface area contributed by atoms with Crippen molar-refractivity contribution in [1.29, 1.82) is 10.5 Å². The normalized spacial score (nSPS) is 30.8. The van der Waals surface area contributed by atoms with Crippen molar-refractivity contribution in [3.05, 3.63) is 53.1 Å². The first-order valence-electron chi connectivity index (χ1n) is 12.7. The summed E-state index contributed by atoms with van der Waals surface area (Å²) in [6, 6.07) is 10.8. The van der Waals surface area contributed by atoms with Crippen LogP contribution in [0.15, 0.2) is 30.5 Å². The average Bonchev–Trinajstić information content (AvgIpc) is 3.36. The Hall–Kier alpha value is -3.42. The van der Waals surface area contributed by atoms with E-state index in [0.717, 1.165) is 48.9 Å². The van der Waals surface area contributed by atoms with Crippen molar-refractivity contribution in [3.8, 4) is 17.8 Å². The Labute approximate surface area is 212 Å². The molecule has 1 aromatic heterocycles. The minimum atomic E-state index is -0.694. The number of carbonyl (C=O) groups excluding carboxylic acids is 1. The summed E-state index contributed by atoms with van der Waals surface area (Å²) >= 11 is 0. The molecule has 1 amide bonds. The Kier molecular flexibility index (Phi) is 5.43. The quantitative estimate of drug-likeness (QED) is 0.631. The van der Waals surface area contributed by atoms with Gasteiger partial charge in [-0.1, -0.05) is 26.0 Å². The number of benzene rings is 1. The molecular weight excluding hydrogens is 450 g/mol. The molecule has 2 unspecified atom stereocenters. The Bertz CT molecular complexity index is 1350. The minimum absolute atomic E-state index is 0.0245. The van der Waals surface area contributed by atoms with Gasteiger partial charge in [0.1, 0.15) is 6.07 Å². The molecule has 1 aliphatic carbocycles. The van der Waals surface area contributed by atoms with Crippen molar-refractivity contribution in [2.75, 3.05) is 0 Å². The molecule has 1 aromatic carbocycles. The topological polar surface area (TPSA) is 118 Å². The number of amides is 1. The van der Waals surface area contributed by atoms with Crippen LogP contribution in [0.3, 0.4) is 0 Å². The SMILES string of the molecule is CC1(C)CC=C(c2cc(C3(C#N)CC4(C)CCC(C)(C3)O4)ccc2-n2cc(C#N)nc2C(N)=O)CC1. The van der Waals surface area contributed by atoms with Crippen molar-refractivity contribution in [2.45, 2.75) is 89.3 Å². The van der Waals surface area contributed by atoms with E-state index in [1.807, 2.05) is 18.2 Å². The number of ether oxygens (including phenoxy) is 1. The van der Waals surface area contributed by atoms with E-state index < -0.39 is 11.3 Å². The van der Waals surface area contributed by atoms with Gasteiger partial charge in [-0.2, -0.15) is 10.5 Å². The van der Waals surface area contributed by atoms with E-state index in [1.54, 1.807) is 10.8 Å². The summed E-state index contributed by atoms with van der Waals surface area (Å²) in [6.07, 6.45) is 9.88. The van der Waals surface area contributed by atoms with Gasteiger partial charge in [-0.05, 0) is 87.5 Å². The maximum Gasteiger partial charge on any atom is 0.285 e. The van der Waals surface area contributed by atoms with E-state index in [0.29, 0.717) is 12.8 Å². The van der Waals surface area contributed by atoms with Crippen LogP contribution in [0, 0.1) is 28.1 Å². The van der Waals surface area contributed by atoms with Crippen molar-refractivity contribution < 1.29 is 9.53 Å². The molecule has 0 spiro atoms. The maximum atomic E-state index is 12.2. The molecular formula is C29H33N5O2. The van der Waals surface area contributed by atoms with Crippen LogP contribution in [0.25, 0.3) is 11.3 Å². The summed E-state index contributed by atoms with van der Waals surface area (Å²) < 4.78 is 8.03. The van der Waals surface area contributed by atoms with Gasteiger partial charge in [0, 0.05) is 11.8 Å². The summed E-state index contributed by atoms with van der Waals surface area (Å²) in [7, 11) is 0. The molecule has 7 nitrogen and oxygen atoms in total. The summed E-state index contributed by atoms with van der Waals surface area (Å²) in [5, 5.41) is 20.0.